The molecule has 0 unspecified atom stereocenters. The number of rotatable bonds is 3. The highest BCUT2D eigenvalue weighted by molar-refractivity contribution is 7.80. The van der Waals surface area contributed by atoms with Crippen LogP contribution < -0.4 is 0 Å². The molecule has 0 N–H and O–H groups in total. The number of Topliss-reactive ketones (excluding diaryl/α,β-unsaturated/α-hetero) is 1. The Morgan fingerprint density at radius 3 is 2.89 bits per heavy atom. The van der Waals surface area contributed by atoms with Crippen molar-refractivity contribution in [3.8, 4) is 0 Å². The molecule has 1 saturated heterocycles. The Balaban J connectivity index is 2.20. The van der Waals surface area contributed by atoms with E-state index >= 15 is 0 Å². The summed E-state index contributed by atoms with van der Waals surface area (Å²) >= 11 is 5.03. The van der Waals surface area contributed by atoms with Gasteiger partial charge >= 0.3 is 0 Å². The van der Waals surface area contributed by atoms with Gasteiger partial charge in [-0.2, -0.15) is 0 Å². The van der Waals surface area contributed by atoms with Gasteiger partial charge in [0.2, 0.25) is 0 Å². The lowest BCUT2D eigenvalue weighted by atomic mass is 10.0. The van der Waals surface area contributed by atoms with Gasteiger partial charge in [0.25, 0.3) is 5.91 Å². The van der Waals surface area contributed by atoms with E-state index in [0.717, 1.165) is 0 Å². The number of ketones is 1. The Bertz CT molecular complexity index is 570. The van der Waals surface area contributed by atoms with E-state index in [-0.39, 0.29) is 23.7 Å². The summed E-state index contributed by atoms with van der Waals surface area (Å²) in [5.41, 5.74) is 0.165. The summed E-state index contributed by atoms with van der Waals surface area (Å²) in [6.07, 6.45) is 6.51. The smallest absolute Gasteiger partial charge is 0.262 e. The summed E-state index contributed by atoms with van der Waals surface area (Å²) in [4.78, 5) is 25.7. The van der Waals surface area contributed by atoms with Gasteiger partial charge in [-0.25, -0.2) is 0 Å². The van der Waals surface area contributed by atoms with E-state index in [9.17, 15) is 9.59 Å². The monoisotopic (exact) mass is 275 g/mol. The van der Waals surface area contributed by atoms with Crippen molar-refractivity contribution in [2.24, 2.45) is 0 Å². The van der Waals surface area contributed by atoms with Crippen LogP contribution >= 0.6 is 12.2 Å². The highest BCUT2D eigenvalue weighted by atomic mass is 32.1. The molecule has 2 rings (SSSR count). The molecule has 1 aromatic rings. The predicted octanol–water partition coefficient (Wildman–Crippen LogP) is 2.37. The molecule has 0 bridgehead atoms. The molecule has 0 aromatic carbocycles. The van der Waals surface area contributed by atoms with Crippen LogP contribution in [-0.2, 0) is 9.59 Å². The highest BCUT2D eigenvalue weighted by Gasteiger charge is 2.31. The van der Waals surface area contributed by atoms with Gasteiger partial charge in [-0.3, -0.25) is 9.59 Å². The van der Waals surface area contributed by atoms with Gasteiger partial charge in [0.1, 0.15) is 5.76 Å². The average Bonchev–Trinajstić information content (AvgIpc) is 2.86. The number of carbonyl (C=O) groups is 2. The molecule has 1 amide bonds. The molecule has 0 atom stereocenters. The number of piperidine rings is 1. The van der Waals surface area contributed by atoms with E-state index in [1.165, 1.54) is 11.0 Å². The van der Waals surface area contributed by atoms with Gasteiger partial charge in [-0.1, -0.05) is 18.3 Å². The van der Waals surface area contributed by atoms with Gasteiger partial charge in [0.05, 0.1) is 23.2 Å². The molecule has 0 radical (unpaired) electrons. The van der Waals surface area contributed by atoms with Gasteiger partial charge in [0.15, 0.2) is 5.78 Å². The molecule has 2 heterocycles. The molecule has 1 aliphatic rings. The van der Waals surface area contributed by atoms with Crippen LogP contribution in [0.15, 0.2) is 40.5 Å². The summed E-state index contributed by atoms with van der Waals surface area (Å²) < 4.78 is 5.12. The lowest BCUT2D eigenvalue weighted by Crippen LogP contribution is -2.44. The number of allylic oxidation sites excluding steroid dienone is 2. The molecule has 1 fully saturated rings. The van der Waals surface area contributed by atoms with Crippen molar-refractivity contribution in [3.05, 3.63) is 41.9 Å². The number of hydrogen-bond acceptors (Lipinski definition) is 4. The quantitative estimate of drug-likeness (QED) is 0.483. The molecular weight excluding hydrogens is 262 g/mol. The van der Waals surface area contributed by atoms with Crippen molar-refractivity contribution in [2.75, 3.05) is 6.54 Å². The highest BCUT2D eigenvalue weighted by Crippen LogP contribution is 2.16. The van der Waals surface area contributed by atoms with Crippen LogP contribution in [0.1, 0.15) is 19.1 Å². The molecule has 0 spiro atoms. The van der Waals surface area contributed by atoms with Crippen LogP contribution in [0.4, 0.5) is 0 Å². The third kappa shape index (κ3) is 2.88. The topological polar surface area (TPSA) is 50.5 Å². The summed E-state index contributed by atoms with van der Waals surface area (Å²) in [6, 6.07) is 3.55. The van der Waals surface area contributed by atoms with Crippen LogP contribution in [0.3, 0.4) is 0 Å². The second kappa shape index (κ2) is 5.75. The largest absolute Gasteiger partial charge is 0.465 e. The summed E-state index contributed by atoms with van der Waals surface area (Å²) in [5.74, 6) is 0.104. The van der Waals surface area contributed by atoms with E-state index in [1.54, 1.807) is 30.5 Å². The minimum atomic E-state index is -0.326. The normalized spacial score (nSPS) is 18.9. The molecular formula is C14H13NO3S. The number of thiocarbonyl (C=S) groups is 1. The van der Waals surface area contributed by atoms with Crippen molar-refractivity contribution < 1.29 is 14.0 Å². The Morgan fingerprint density at radius 2 is 2.26 bits per heavy atom. The van der Waals surface area contributed by atoms with Crippen molar-refractivity contribution in [3.63, 3.8) is 0 Å². The van der Waals surface area contributed by atoms with E-state index in [4.69, 9.17) is 16.6 Å². The molecule has 19 heavy (non-hydrogen) atoms. The number of amides is 1. The van der Waals surface area contributed by atoms with Crippen LogP contribution in [0.25, 0.3) is 6.08 Å². The zero-order chi connectivity index (χ0) is 13.8. The van der Waals surface area contributed by atoms with Crippen LogP contribution in [0.2, 0.25) is 0 Å². The third-order valence-electron chi connectivity index (χ3n) is 2.77. The number of likely N-dealkylation sites (N-methyl/N-ethyl adjacent to an activating group) is 1. The maximum Gasteiger partial charge on any atom is 0.262 e. The fourth-order valence-electron chi connectivity index (χ4n) is 1.82. The number of likely N-dealkylation sites (tertiary alicyclic amines) is 1. The van der Waals surface area contributed by atoms with Crippen LogP contribution in [-0.4, -0.2) is 28.1 Å². The molecule has 5 heteroatoms. The number of furan rings is 1. The minimum Gasteiger partial charge on any atom is -0.465 e. The summed E-state index contributed by atoms with van der Waals surface area (Å²) in [5, 5.41) is 0. The van der Waals surface area contributed by atoms with Crippen molar-refractivity contribution in [1.82, 2.24) is 4.90 Å². The van der Waals surface area contributed by atoms with E-state index in [2.05, 4.69) is 0 Å². The second-order valence-electron chi connectivity index (χ2n) is 4.00. The first-order chi connectivity index (χ1) is 9.13. The van der Waals surface area contributed by atoms with E-state index in [1.807, 2.05) is 6.92 Å². The molecule has 1 aromatic heterocycles. The summed E-state index contributed by atoms with van der Waals surface area (Å²) in [6.45, 7) is 2.31. The van der Waals surface area contributed by atoms with Gasteiger partial charge in [-0.05, 0) is 31.2 Å². The third-order valence-corrected chi connectivity index (χ3v) is 3.14. The molecule has 1 aliphatic heterocycles. The lowest BCUT2D eigenvalue weighted by Gasteiger charge is -2.26. The van der Waals surface area contributed by atoms with Crippen molar-refractivity contribution >= 4 is 35.0 Å². The average molecular weight is 275 g/mol. The molecule has 4 nitrogen and oxygen atoms in total. The van der Waals surface area contributed by atoms with Gasteiger partial charge in [-0.15, -0.1) is 0 Å². The molecule has 0 saturated carbocycles. The standard InChI is InChI=1S/C14H13NO3S/c1-2-15-13(19)9-12(16)11(14(15)17)7-3-5-10-6-4-8-18-10/h3-8H,2,9H2,1H3/b5-3+,11-7+. The van der Waals surface area contributed by atoms with E-state index in [0.29, 0.717) is 17.3 Å². The number of nitrogens with zero attached hydrogens (tertiary/aromatic N) is 1. The van der Waals surface area contributed by atoms with Crippen LogP contribution in [0, 0.1) is 0 Å². The molecule has 98 valence electrons. The zero-order valence-electron chi connectivity index (χ0n) is 10.5. The Morgan fingerprint density at radius 1 is 1.47 bits per heavy atom. The van der Waals surface area contributed by atoms with Gasteiger partial charge < -0.3 is 9.32 Å². The SMILES string of the molecule is CCN1C(=O)/C(=C/C=C/c2ccco2)C(=O)CC1=S. The molecule has 0 aliphatic carbocycles. The fourth-order valence-corrected chi connectivity index (χ4v) is 2.16. The van der Waals surface area contributed by atoms with Crippen LogP contribution in [0.5, 0.6) is 0 Å². The minimum absolute atomic E-state index is 0.120. The maximum absolute atomic E-state index is 12.1. The van der Waals surface area contributed by atoms with E-state index < -0.39 is 0 Å². The van der Waals surface area contributed by atoms with Crippen molar-refractivity contribution in [2.45, 2.75) is 13.3 Å². The number of hydrogen-bond donors (Lipinski definition) is 0. The Hall–Kier alpha value is -2.01. The summed E-state index contributed by atoms with van der Waals surface area (Å²) in [7, 11) is 0. The Labute approximate surface area is 116 Å². The fraction of sp³-hybridized carbons (Fsp3) is 0.214. The second-order valence-corrected chi connectivity index (χ2v) is 4.47. The first kappa shape index (κ1) is 13.4. The maximum atomic E-state index is 12.1. The first-order valence-electron chi connectivity index (χ1n) is 5.93. The number of carbonyl (C=O) groups excluding carboxylic acids is 2. The Kier molecular flexibility index (Phi) is 4.06. The van der Waals surface area contributed by atoms with Gasteiger partial charge in [0, 0.05) is 6.54 Å². The lowest BCUT2D eigenvalue weighted by molar-refractivity contribution is -0.127. The predicted molar refractivity (Wildman–Crippen MR) is 75.4 cm³/mol. The first-order valence-corrected chi connectivity index (χ1v) is 6.34. The van der Waals surface area contributed by atoms with Crippen molar-refractivity contribution in [1.29, 1.82) is 0 Å². The zero-order valence-corrected chi connectivity index (χ0v) is 11.3.